The fraction of sp³-hybridized carbons (Fsp3) is 0.444. The van der Waals surface area contributed by atoms with Crippen molar-refractivity contribution in [2.45, 2.75) is 44.3 Å². The van der Waals surface area contributed by atoms with Crippen molar-refractivity contribution in [3.63, 3.8) is 0 Å². The van der Waals surface area contributed by atoms with Crippen LogP contribution in [0.2, 0.25) is 0 Å². The van der Waals surface area contributed by atoms with E-state index < -0.39 is 39.0 Å². The maximum absolute atomic E-state index is 13.6. The second-order valence-corrected chi connectivity index (χ2v) is 9.73. The Hall–Kier alpha value is -2.40. The SMILES string of the molecule is Cc1ccc(OC(=O)c2cnn(C(C)(C)C)c2C(F)(F)F)c(S(=O)(=O)N(C)C)c1. The van der Waals surface area contributed by atoms with Crippen LogP contribution in [0.3, 0.4) is 0 Å². The summed E-state index contributed by atoms with van der Waals surface area (Å²) in [7, 11) is -1.42. The number of carbonyl (C=O) groups excluding carboxylic acids is 1. The quantitative estimate of drug-likeness (QED) is 0.545. The first kappa shape index (κ1) is 22.9. The highest BCUT2D eigenvalue weighted by Gasteiger charge is 2.43. The summed E-state index contributed by atoms with van der Waals surface area (Å²) in [5.74, 6) is -1.72. The summed E-state index contributed by atoms with van der Waals surface area (Å²) in [6, 6.07) is 3.99. The molecule has 2 rings (SSSR count). The van der Waals surface area contributed by atoms with Crippen LogP contribution in [-0.2, 0) is 21.7 Å². The number of hydrogen-bond donors (Lipinski definition) is 0. The van der Waals surface area contributed by atoms with Crippen LogP contribution in [0.25, 0.3) is 0 Å². The molecule has 0 saturated carbocycles. The third-order valence-corrected chi connectivity index (χ3v) is 5.79. The normalized spacial score (nSPS) is 13.0. The molecule has 0 aliphatic heterocycles. The van der Waals surface area contributed by atoms with Gasteiger partial charge in [0.15, 0.2) is 11.4 Å². The molecule has 0 spiro atoms. The molecular formula is C18H22F3N3O4S. The zero-order valence-corrected chi connectivity index (χ0v) is 17.6. The number of ether oxygens (including phenoxy) is 1. The summed E-state index contributed by atoms with van der Waals surface area (Å²) in [6.45, 7) is 6.15. The summed E-state index contributed by atoms with van der Waals surface area (Å²) in [5, 5.41) is 3.70. The van der Waals surface area contributed by atoms with E-state index in [1.54, 1.807) is 6.92 Å². The van der Waals surface area contributed by atoms with E-state index in [0.717, 1.165) is 10.5 Å². The second kappa shape index (κ2) is 7.45. The van der Waals surface area contributed by atoms with E-state index in [9.17, 15) is 26.4 Å². The van der Waals surface area contributed by atoms with Crippen molar-refractivity contribution < 1.29 is 31.1 Å². The Morgan fingerprint density at radius 3 is 2.24 bits per heavy atom. The summed E-state index contributed by atoms with van der Waals surface area (Å²) in [6.07, 6.45) is -4.10. The second-order valence-electron chi connectivity index (χ2n) is 7.61. The van der Waals surface area contributed by atoms with Gasteiger partial charge in [0.25, 0.3) is 0 Å². The topological polar surface area (TPSA) is 81.5 Å². The molecule has 0 amide bonds. The number of halogens is 3. The molecule has 11 heteroatoms. The number of rotatable bonds is 4. The average molecular weight is 433 g/mol. The minimum Gasteiger partial charge on any atom is -0.421 e. The van der Waals surface area contributed by atoms with E-state index in [0.29, 0.717) is 10.2 Å². The number of sulfonamides is 1. The van der Waals surface area contributed by atoms with Crippen LogP contribution < -0.4 is 4.74 Å². The minimum atomic E-state index is -4.87. The van der Waals surface area contributed by atoms with Gasteiger partial charge in [0.1, 0.15) is 10.5 Å². The third kappa shape index (κ3) is 4.61. The standard InChI is InChI=1S/C18H22F3N3O4S/c1-11-7-8-13(14(9-11)29(26,27)23(5)6)28-16(25)12-10-22-24(17(2,3)4)15(12)18(19,20)21/h7-10H,1-6H3. The third-order valence-electron chi connectivity index (χ3n) is 3.95. The molecule has 1 aromatic heterocycles. The van der Waals surface area contributed by atoms with Crippen molar-refractivity contribution >= 4 is 16.0 Å². The summed E-state index contributed by atoms with van der Waals surface area (Å²) < 4.78 is 72.6. The molecule has 0 aliphatic rings. The Balaban J connectivity index is 2.57. The Morgan fingerprint density at radius 2 is 1.76 bits per heavy atom. The molecule has 0 atom stereocenters. The van der Waals surface area contributed by atoms with Gasteiger partial charge < -0.3 is 4.74 Å². The largest absolute Gasteiger partial charge is 0.433 e. The van der Waals surface area contributed by atoms with E-state index in [4.69, 9.17) is 4.74 Å². The Morgan fingerprint density at radius 1 is 1.17 bits per heavy atom. The number of hydrogen-bond acceptors (Lipinski definition) is 5. The first-order chi connectivity index (χ1) is 13.1. The van der Waals surface area contributed by atoms with Gasteiger partial charge in [0.05, 0.1) is 11.7 Å². The van der Waals surface area contributed by atoms with Crippen LogP contribution in [0.15, 0.2) is 29.3 Å². The van der Waals surface area contributed by atoms with Crippen molar-refractivity contribution in [1.82, 2.24) is 14.1 Å². The van der Waals surface area contributed by atoms with Gasteiger partial charge in [-0.15, -0.1) is 0 Å². The van der Waals surface area contributed by atoms with Gasteiger partial charge in [0, 0.05) is 14.1 Å². The molecule has 2 aromatic rings. The molecule has 0 saturated heterocycles. The number of esters is 1. The van der Waals surface area contributed by atoms with Gasteiger partial charge in [-0.3, -0.25) is 4.68 Å². The van der Waals surface area contributed by atoms with Gasteiger partial charge in [-0.25, -0.2) is 17.5 Å². The van der Waals surface area contributed by atoms with Crippen molar-refractivity contribution in [3.8, 4) is 5.75 Å². The van der Waals surface area contributed by atoms with Gasteiger partial charge in [0.2, 0.25) is 10.0 Å². The number of carbonyl (C=O) groups is 1. The monoisotopic (exact) mass is 433 g/mol. The van der Waals surface area contributed by atoms with Crippen LogP contribution in [0.4, 0.5) is 13.2 Å². The number of aryl methyl sites for hydroxylation is 1. The Kier molecular flexibility index (Phi) is 5.88. The lowest BCUT2D eigenvalue weighted by Crippen LogP contribution is -2.30. The zero-order valence-electron chi connectivity index (χ0n) is 16.8. The van der Waals surface area contributed by atoms with Crippen LogP contribution >= 0.6 is 0 Å². The fourth-order valence-electron chi connectivity index (χ4n) is 2.53. The highest BCUT2D eigenvalue weighted by atomic mass is 32.2. The van der Waals surface area contributed by atoms with E-state index in [1.165, 1.54) is 53.1 Å². The lowest BCUT2D eigenvalue weighted by Gasteiger charge is -2.23. The molecule has 0 unspecified atom stereocenters. The lowest BCUT2D eigenvalue weighted by atomic mass is 10.1. The van der Waals surface area contributed by atoms with Crippen LogP contribution in [-0.4, -0.2) is 42.6 Å². The fourth-order valence-corrected chi connectivity index (χ4v) is 3.62. The molecule has 1 heterocycles. The molecule has 29 heavy (non-hydrogen) atoms. The average Bonchev–Trinajstić information content (AvgIpc) is 3.02. The molecule has 1 aromatic carbocycles. The zero-order chi connectivity index (χ0) is 22.4. The molecule has 0 radical (unpaired) electrons. The smallest absolute Gasteiger partial charge is 0.421 e. The van der Waals surface area contributed by atoms with Crippen molar-refractivity contribution in [2.24, 2.45) is 0 Å². The van der Waals surface area contributed by atoms with E-state index in [1.807, 2.05) is 0 Å². The van der Waals surface area contributed by atoms with E-state index in [2.05, 4.69) is 5.10 Å². The van der Waals surface area contributed by atoms with E-state index >= 15 is 0 Å². The Bertz CT molecular complexity index is 1040. The summed E-state index contributed by atoms with van der Waals surface area (Å²) in [5.41, 5.74) is -2.55. The number of benzene rings is 1. The molecule has 7 nitrogen and oxygen atoms in total. The van der Waals surface area contributed by atoms with E-state index in [-0.39, 0.29) is 10.6 Å². The summed E-state index contributed by atoms with van der Waals surface area (Å²) >= 11 is 0. The first-order valence-corrected chi connectivity index (χ1v) is 9.92. The maximum atomic E-state index is 13.6. The molecule has 0 fully saturated rings. The molecule has 0 N–H and O–H groups in total. The molecule has 0 aliphatic carbocycles. The Labute approximate surface area is 167 Å². The van der Waals surface area contributed by atoms with Gasteiger partial charge in [-0.2, -0.15) is 18.3 Å². The summed E-state index contributed by atoms with van der Waals surface area (Å²) in [4.78, 5) is 12.2. The highest BCUT2D eigenvalue weighted by molar-refractivity contribution is 7.89. The minimum absolute atomic E-state index is 0.326. The molecular weight excluding hydrogens is 411 g/mol. The van der Waals surface area contributed by atoms with Gasteiger partial charge in [-0.05, 0) is 45.4 Å². The number of aromatic nitrogens is 2. The predicted molar refractivity (Wildman–Crippen MR) is 99.2 cm³/mol. The number of nitrogens with zero attached hydrogens (tertiary/aromatic N) is 3. The molecule has 0 bridgehead atoms. The highest BCUT2D eigenvalue weighted by Crippen LogP contribution is 2.36. The predicted octanol–water partition coefficient (Wildman–Crippen LogP) is 3.43. The number of alkyl halides is 3. The van der Waals surface area contributed by atoms with Crippen molar-refractivity contribution in [2.75, 3.05) is 14.1 Å². The van der Waals surface area contributed by atoms with Gasteiger partial charge in [-0.1, -0.05) is 6.07 Å². The van der Waals surface area contributed by atoms with Crippen molar-refractivity contribution in [1.29, 1.82) is 0 Å². The van der Waals surface area contributed by atoms with Crippen molar-refractivity contribution in [3.05, 3.63) is 41.2 Å². The van der Waals surface area contributed by atoms with Crippen LogP contribution in [0.5, 0.6) is 5.75 Å². The lowest BCUT2D eigenvalue weighted by molar-refractivity contribution is -0.146. The maximum Gasteiger partial charge on any atom is 0.433 e. The van der Waals surface area contributed by atoms with Crippen LogP contribution in [0.1, 0.15) is 42.4 Å². The van der Waals surface area contributed by atoms with Crippen LogP contribution in [0, 0.1) is 6.92 Å². The first-order valence-electron chi connectivity index (χ1n) is 8.48. The molecule has 160 valence electrons. The van der Waals surface area contributed by atoms with Gasteiger partial charge >= 0.3 is 12.1 Å².